The minimum Gasteiger partial charge on any atom is -0.507 e. The number of hydrogen-bond acceptors (Lipinski definition) is 4. The maximum atomic E-state index is 12.2. The molecule has 0 aromatic heterocycles. The molecule has 1 amide bonds. The highest BCUT2D eigenvalue weighted by molar-refractivity contribution is 14.1. The summed E-state index contributed by atoms with van der Waals surface area (Å²) in [6, 6.07) is 9.92. The van der Waals surface area contributed by atoms with Gasteiger partial charge in [-0.25, -0.2) is 0 Å². The third kappa shape index (κ3) is 3.02. The molecule has 104 valence electrons. The Balaban J connectivity index is 2.28. The van der Waals surface area contributed by atoms with E-state index in [9.17, 15) is 9.90 Å². The fourth-order valence-electron chi connectivity index (χ4n) is 1.80. The molecule has 0 aliphatic heterocycles. The lowest BCUT2D eigenvalue weighted by Crippen LogP contribution is -2.14. The summed E-state index contributed by atoms with van der Waals surface area (Å²) in [6.45, 7) is 1.81. The summed E-state index contributed by atoms with van der Waals surface area (Å²) in [7, 11) is 0. The van der Waals surface area contributed by atoms with Gasteiger partial charge in [0.25, 0.3) is 5.91 Å². The second-order valence-electron chi connectivity index (χ2n) is 4.23. The third-order valence-corrected chi connectivity index (χ3v) is 3.72. The molecule has 2 aromatic carbocycles. The first kappa shape index (κ1) is 14.6. The Hall–Kier alpha value is -1.80. The summed E-state index contributed by atoms with van der Waals surface area (Å²) >= 11 is 2.00. The number of aromatic hydroxyl groups is 1. The zero-order valence-corrected chi connectivity index (χ0v) is 12.8. The zero-order chi connectivity index (χ0) is 14.7. The van der Waals surface area contributed by atoms with Crippen LogP contribution in [0.1, 0.15) is 15.9 Å². The average Bonchev–Trinajstić information content (AvgIpc) is 2.41. The first-order chi connectivity index (χ1) is 9.52. The van der Waals surface area contributed by atoms with Crippen LogP contribution in [0.2, 0.25) is 0 Å². The highest BCUT2D eigenvalue weighted by Crippen LogP contribution is 2.25. The lowest BCUT2D eigenvalue weighted by molar-refractivity contribution is 0.102. The van der Waals surface area contributed by atoms with Crippen molar-refractivity contribution in [3.05, 3.63) is 51.1 Å². The van der Waals surface area contributed by atoms with Gasteiger partial charge in [0.1, 0.15) is 5.75 Å². The maximum absolute atomic E-state index is 12.2. The Labute approximate surface area is 129 Å². The van der Waals surface area contributed by atoms with Crippen LogP contribution in [0.5, 0.6) is 5.75 Å². The number of phenolic OH excluding ortho intramolecular Hbond substituents is 1. The molecule has 2 rings (SSSR count). The SMILES string of the molecule is Cc1cc(NO)ccc1NC(=O)c1c(O)cccc1I. The Morgan fingerprint density at radius 3 is 2.60 bits per heavy atom. The van der Waals surface area contributed by atoms with Crippen LogP contribution >= 0.6 is 22.6 Å². The van der Waals surface area contributed by atoms with E-state index >= 15 is 0 Å². The Bertz CT molecular complexity index is 639. The van der Waals surface area contributed by atoms with Gasteiger partial charge < -0.3 is 10.4 Å². The molecule has 0 unspecified atom stereocenters. The lowest BCUT2D eigenvalue weighted by atomic mass is 10.1. The predicted octanol–water partition coefficient (Wildman–Crippen LogP) is 3.36. The number of rotatable bonds is 3. The number of benzene rings is 2. The van der Waals surface area contributed by atoms with Crippen LogP contribution in [-0.2, 0) is 0 Å². The van der Waals surface area contributed by atoms with Crippen LogP contribution in [0.3, 0.4) is 0 Å². The minimum absolute atomic E-state index is 0.0549. The molecule has 0 bridgehead atoms. The number of amides is 1. The van der Waals surface area contributed by atoms with Crippen LogP contribution in [0.25, 0.3) is 0 Å². The van der Waals surface area contributed by atoms with Crippen molar-refractivity contribution in [1.82, 2.24) is 0 Å². The van der Waals surface area contributed by atoms with Crippen LogP contribution in [0, 0.1) is 10.5 Å². The monoisotopic (exact) mass is 384 g/mol. The molecule has 2 aromatic rings. The van der Waals surface area contributed by atoms with Crippen LogP contribution < -0.4 is 10.8 Å². The summed E-state index contributed by atoms with van der Waals surface area (Å²) in [5, 5.41) is 21.3. The van der Waals surface area contributed by atoms with Crippen LogP contribution in [0.15, 0.2) is 36.4 Å². The third-order valence-electron chi connectivity index (χ3n) is 2.82. The van der Waals surface area contributed by atoms with E-state index < -0.39 is 0 Å². The van der Waals surface area contributed by atoms with E-state index in [0.717, 1.165) is 5.56 Å². The van der Waals surface area contributed by atoms with Gasteiger partial charge in [-0.1, -0.05) is 6.07 Å². The van der Waals surface area contributed by atoms with Crippen molar-refractivity contribution in [2.24, 2.45) is 0 Å². The van der Waals surface area contributed by atoms with E-state index in [2.05, 4.69) is 5.32 Å². The molecule has 0 aliphatic carbocycles. The molecule has 20 heavy (non-hydrogen) atoms. The van der Waals surface area contributed by atoms with Gasteiger partial charge in [-0.05, 0) is 65.4 Å². The summed E-state index contributed by atoms with van der Waals surface area (Å²) < 4.78 is 0.673. The van der Waals surface area contributed by atoms with Gasteiger partial charge in [0.15, 0.2) is 0 Å². The van der Waals surface area contributed by atoms with Gasteiger partial charge in [0.05, 0.1) is 11.3 Å². The number of aryl methyl sites for hydroxylation is 1. The van der Waals surface area contributed by atoms with Gasteiger partial charge in [-0.3, -0.25) is 15.5 Å². The van der Waals surface area contributed by atoms with Gasteiger partial charge in [-0.2, -0.15) is 0 Å². The van der Waals surface area contributed by atoms with E-state index in [1.807, 2.05) is 35.0 Å². The highest BCUT2D eigenvalue weighted by Gasteiger charge is 2.15. The number of carbonyl (C=O) groups is 1. The topological polar surface area (TPSA) is 81.6 Å². The number of halogens is 1. The van der Waals surface area contributed by atoms with Crippen molar-refractivity contribution in [1.29, 1.82) is 0 Å². The first-order valence-electron chi connectivity index (χ1n) is 5.82. The number of phenols is 1. The van der Waals surface area contributed by atoms with Crippen molar-refractivity contribution in [2.75, 3.05) is 10.8 Å². The zero-order valence-electron chi connectivity index (χ0n) is 10.6. The molecule has 5 nitrogen and oxygen atoms in total. The molecule has 6 heteroatoms. The second-order valence-corrected chi connectivity index (χ2v) is 5.39. The molecular formula is C14H13IN2O3. The molecule has 4 N–H and O–H groups in total. The molecule has 0 saturated carbocycles. The molecule has 0 radical (unpaired) electrons. The number of hydrogen-bond donors (Lipinski definition) is 4. The quantitative estimate of drug-likeness (QED) is 0.483. The first-order valence-corrected chi connectivity index (χ1v) is 6.90. The summed E-state index contributed by atoms with van der Waals surface area (Å²) in [6.07, 6.45) is 0. The van der Waals surface area contributed by atoms with Crippen molar-refractivity contribution in [2.45, 2.75) is 6.92 Å². The number of anilines is 2. The van der Waals surface area contributed by atoms with Crippen LogP contribution in [0.4, 0.5) is 11.4 Å². The largest absolute Gasteiger partial charge is 0.507 e. The fraction of sp³-hybridized carbons (Fsp3) is 0.0714. The van der Waals surface area contributed by atoms with Gasteiger partial charge in [-0.15, -0.1) is 0 Å². The Morgan fingerprint density at radius 2 is 2.00 bits per heavy atom. The minimum atomic E-state index is -0.375. The van der Waals surface area contributed by atoms with E-state index in [4.69, 9.17) is 5.21 Å². The highest BCUT2D eigenvalue weighted by atomic mass is 127. The molecule has 0 saturated heterocycles. The van der Waals surface area contributed by atoms with Gasteiger partial charge >= 0.3 is 0 Å². The molecule has 0 heterocycles. The fourth-order valence-corrected chi connectivity index (χ4v) is 2.52. The molecular weight excluding hydrogens is 371 g/mol. The normalized spacial score (nSPS) is 10.2. The van der Waals surface area contributed by atoms with Crippen molar-refractivity contribution in [3.63, 3.8) is 0 Å². The van der Waals surface area contributed by atoms with Crippen molar-refractivity contribution in [3.8, 4) is 5.75 Å². The number of nitrogens with one attached hydrogen (secondary N) is 2. The van der Waals surface area contributed by atoms with Crippen LogP contribution in [-0.4, -0.2) is 16.2 Å². The van der Waals surface area contributed by atoms with E-state index in [1.54, 1.807) is 30.3 Å². The van der Waals surface area contributed by atoms with Gasteiger partial charge in [0, 0.05) is 9.26 Å². The molecule has 0 aliphatic rings. The average molecular weight is 384 g/mol. The number of carbonyl (C=O) groups excluding carboxylic acids is 1. The van der Waals surface area contributed by atoms with E-state index in [-0.39, 0.29) is 17.2 Å². The summed E-state index contributed by atoms with van der Waals surface area (Å²) in [5.74, 6) is -0.430. The smallest absolute Gasteiger partial charge is 0.260 e. The van der Waals surface area contributed by atoms with E-state index in [0.29, 0.717) is 14.9 Å². The maximum Gasteiger partial charge on any atom is 0.260 e. The standard InChI is InChI=1S/C14H13IN2O3/c1-8-7-9(17-20)5-6-11(8)16-14(19)13-10(15)3-2-4-12(13)18/h2-7,17-18,20H,1H3,(H,16,19). The van der Waals surface area contributed by atoms with E-state index in [1.165, 1.54) is 6.07 Å². The predicted molar refractivity (Wildman–Crippen MR) is 85.4 cm³/mol. The van der Waals surface area contributed by atoms with Gasteiger partial charge in [0.2, 0.25) is 0 Å². The Morgan fingerprint density at radius 1 is 1.25 bits per heavy atom. The summed E-state index contributed by atoms with van der Waals surface area (Å²) in [4.78, 5) is 12.2. The Kier molecular flexibility index (Phi) is 4.46. The molecule has 0 atom stereocenters. The summed E-state index contributed by atoms with van der Waals surface area (Å²) in [5.41, 5.74) is 4.24. The lowest BCUT2D eigenvalue weighted by Gasteiger charge is -2.11. The van der Waals surface area contributed by atoms with Crippen molar-refractivity contribution < 1.29 is 15.1 Å². The second kappa shape index (κ2) is 6.10. The molecule has 0 fully saturated rings. The molecule has 0 spiro atoms. The van der Waals surface area contributed by atoms with Crippen molar-refractivity contribution >= 4 is 39.9 Å².